The van der Waals surface area contributed by atoms with Gasteiger partial charge < -0.3 is 5.32 Å². The molecule has 1 aliphatic heterocycles. The Kier molecular flexibility index (Phi) is 2.29. The smallest absolute Gasteiger partial charge is 0.250 e. The van der Waals surface area contributed by atoms with E-state index in [2.05, 4.69) is 15.6 Å². The Hall–Kier alpha value is -2.37. The van der Waals surface area contributed by atoms with Gasteiger partial charge in [-0.2, -0.15) is 0 Å². The number of carbonyl (C=O) groups excluding carboxylic acids is 2. The highest BCUT2D eigenvalue weighted by Crippen LogP contribution is 2.31. The maximum absolute atomic E-state index is 11.8. The molecular formula is C12H12N4O2. The first kappa shape index (κ1) is 10.8. The predicted octanol–water partition coefficient (Wildman–Crippen LogP) is 0.666. The largest absolute Gasteiger partial charge is 0.359 e. The molecule has 0 aliphatic carbocycles. The third-order valence-corrected chi connectivity index (χ3v) is 3.10. The van der Waals surface area contributed by atoms with E-state index in [9.17, 15) is 9.59 Å². The van der Waals surface area contributed by atoms with Gasteiger partial charge in [-0.25, -0.2) is 4.98 Å². The molecule has 6 heteroatoms. The average Bonchev–Trinajstić information content (AvgIpc) is 2.86. The molecule has 1 aromatic heterocycles. The number of imidazole rings is 1. The summed E-state index contributed by atoms with van der Waals surface area (Å²) in [5.41, 5.74) is 1.68. The summed E-state index contributed by atoms with van der Waals surface area (Å²) in [7, 11) is 1.56. The van der Waals surface area contributed by atoms with Gasteiger partial charge in [-0.05, 0) is 12.1 Å². The minimum atomic E-state index is -0.521. The normalized spacial score (nSPS) is 17.6. The molecule has 2 amide bonds. The monoisotopic (exact) mass is 244 g/mol. The third kappa shape index (κ3) is 1.46. The van der Waals surface area contributed by atoms with Crippen LogP contribution in [0.4, 0.5) is 5.95 Å². The summed E-state index contributed by atoms with van der Waals surface area (Å²) in [6, 6.07) is 7.03. The molecule has 92 valence electrons. The zero-order valence-electron chi connectivity index (χ0n) is 9.80. The molecule has 0 saturated carbocycles. The van der Waals surface area contributed by atoms with Gasteiger partial charge in [0.15, 0.2) is 0 Å². The Balaban J connectivity index is 2.09. The highest BCUT2D eigenvalue weighted by atomic mass is 16.2. The lowest BCUT2D eigenvalue weighted by atomic mass is 10.2. The van der Waals surface area contributed by atoms with E-state index in [-0.39, 0.29) is 18.2 Å². The van der Waals surface area contributed by atoms with E-state index in [0.717, 1.165) is 11.0 Å². The molecule has 18 heavy (non-hydrogen) atoms. The summed E-state index contributed by atoms with van der Waals surface area (Å²) in [4.78, 5) is 27.6. The van der Waals surface area contributed by atoms with Gasteiger partial charge in [0.05, 0.1) is 17.5 Å². The maximum atomic E-state index is 11.8. The number of fused-ring (bicyclic) bond motifs is 3. The highest BCUT2D eigenvalue weighted by molar-refractivity contribution is 6.01. The van der Waals surface area contributed by atoms with Crippen LogP contribution in [0, 0.1) is 0 Å². The van der Waals surface area contributed by atoms with Crippen LogP contribution in [0.15, 0.2) is 24.3 Å². The second-order valence-corrected chi connectivity index (χ2v) is 4.18. The molecule has 2 aromatic rings. The first-order valence-electron chi connectivity index (χ1n) is 5.69. The fourth-order valence-corrected chi connectivity index (χ4v) is 2.22. The number of rotatable bonds is 2. The zero-order valence-corrected chi connectivity index (χ0v) is 9.80. The number of amides is 2. The van der Waals surface area contributed by atoms with Gasteiger partial charge in [-0.15, -0.1) is 0 Å². The Labute approximate surface area is 103 Å². The molecule has 3 rings (SSSR count). The van der Waals surface area contributed by atoms with E-state index in [4.69, 9.17) is 0 Å². The first-order valence-corrected chi connectivity index (χ1v) is 5.69. The Morgan fingerprint density at radius 2 is 2.28 bits per heavy atom. The van der Waals surface area contributed by atoms with Gasteiger partial charge in [0.2, 0.25) is 17.8 Å². The fourth-order valence-electron chi connectivity index (χ4n) is 2.22. The second-order valence-electron chi connectivity index (χ2n) is 4.18. The summed E-state index contributed by atoms with van der Waals surface area (Å²) >= 11 is 0. The summed E-state index contributed by atoms with van der Waals surface area (Å²) in [6.07, 6.45) is 0.121. The van der Waals surface area contributed by atoms with Crippen molar-refractivity contribution < 1.29 is 9.59 Å². The lowest BCUT2D eigenvalue weighted by Crippen LogP contribution is -2.25. The van der Waals surface area contributed by atoms with Crippen molar-refractivity contribution in [3.05, 3.63) is 24.3 Å². The standard InChI is InChI=1S/C12H12N4O2/c1-13-10(17)6-9-11(18)15-12-14-7-4-2-3-5-8(7)16(9)12/h2-5,9H,6H2,1H3,(H,13,17)(H,14,15,18). The zero-order chi connectivity index (χ0) is 12.7. The average molecular weight is 244 g/mol. The number of para-hydroxylation sites is 2. The lowest BCUT2D eigenvalue weighted by Gasteiger charge is -2.10. The van der Waals surface area contributed by atoms with Crippen LogP contribution in [0.3, 0.4) is 0 Å². The number of benzene rings is 1. The highest BCUT2D eigenvalue weighted by Gasteiger charge is 2.34. The molecule has 0 bridgehead atoms. The minimum Gasteiger partial charge on any atom is -0.359 e. The second kappa shape index (κ2) is 3.83. The van der Waals surface area contributed by atoms with Crippen LogP contribution in [0.2, 0.25) is 0 Å². The van der Waals surface area contributed by atoms with Crippen molar-refractivity contribution in [3.63, 3.8) is 0 Å². The van der Waals surface area contributed by atoms with E-state index in [0.29, 0.717) is 5.95 Å². The predicted molar refractivity (Wildman–Crippen MR) is 66.1 cm³/mol. The van der Waals surface area contributed by atoms with Gasteiger partial charge in [0, 0.05) is 7.05 Å². The molecule has 2 N–H and O–H groups in total. The van der Waals surface area contributed by atoms with Crippen molar-refractivity contribution in [1.82, 2.24) is 14.9 Å². The molecular weight excluding hydrogens is 232 g/mol. The Morgan fingerprint density at radius 1 is 1.50 bits per heavy atom. The molecule has 0 fully saturated rings. The molecule has 0 spiro atoms. The van der Waals surface area contributed by atoms with Crippen LogP contribution in [0.5, 0.6) is 0 Å². The quantitative estimate of drug-likeness (QED) is 0.815. The van der Waals surface area contributed by atoms with Crippen LogP contribution in [-0.4, -0.2) is 28.4 Å². The van der Waals surface area contributed by atoms with Crippen molar-refractivity contribution >= 4 is 28.8 Å². The molecule has 1 aliphatic rings. The van der Waals surface area contributed by atoms with Gasteiger partial charge >= 0.3 is 0 Å². The maximum Gasteiger partial charge on any atom is 0.250 e. The van der Waals surface area contributed by atoms with Crippen LogP contribution < -0.4 is 10.6 Å². The van der Waals surface area contributed by atoms with Gasteiger partial charge in [0.25, 0.3) is 0 Å². The summed E-state index contributed by atoms with van der Waals surface area (Å²) in [6.45, 7) is 0. The van der Waals surface area contributed by atoms with Crippen molar-refractivity contribution in [3.8, 4) is 0 Å². The number of nitrogens with zero attached hydrogens (tertiary/aromatic N) is 2. The van der Waals surface area contributed by atoms with Crippen molar-refractivity contribution in [1.29, 1.82) is 0 Å². The van der Waals surface area contributed by atoms with Crippen LogP contribution in [-0.2, 0) is 9.59 Å². The Morgan fingerprint density at radius 3 is 3.06 bits per heavy atom. The molecule has 1 atom stereocenters. The third-order valence-electron chi connectivity index (χ3n) is 3.10. The molecule has 2 heterocycles. The fraction of sp³-hybridized carbons (Fsp3) is 0.250. The number of nitrogens with one attached hydrogen (secondary N) is 2. The summed E-state index contributed by atoms with van der Waals surface area (Å²) < 4.78 is 1.78. The number of aromatic nitrogens is 2. The van der Waals surface area contributed by atoms with Gasteiger partial charge in [-0.3, -0.25) is 19.5 Å². The topological polar surface area (TPSA) is 76.0 Å². The number of hydrogen-bond donors (Lipinski definition) is 2. The summed E-state index contributed by atoms with van der Waals surface area (Å²) in [5.74, 6) is 0.155. The van der Waals surface area contributed by atoms with Gasteiger partial charge in [0.1, 0.15) is 6.04 Å². The van der Waals surface area contributed by atoms with Crippen molar-refractivity contribution in [2.75, 3.05) is 12.4 Å². The SMILES string of the molecule is CNC(=O)CC1C(=O)Nc2nc3ccccc3n21. The molecule has 0 radical (unpaired) electrons. The molecule has 1 unspecified atom stereocenters. The van der Waals surface area contributed by atoms with Crippen LogP contribution in [0.1, 0.15) is 12.5 Å². The first-order chi connectivity index (χ1) is 8.70. The molecule has 1 aromatic carbocycles. The van der Waals surface area contributed by atoms with Crippen LogP contribution >= 0.6 is 0 Å². The van der Waals surface area contributed by atoms with E-state index in [1.165, 1.54) is 0 Å². The number of hydrogen-bond acceptors (Lipinski definition) is 3. The van der Waals surface area contributed by atoms with E-state index < -0.39 is 6.04 Å². The molecule has 6 nitrogen and oxygen atoms in total. The minimum absolute atomic E-state index is 0.121. The van der Waals surface area contributed by atoms with E-state index in [1.54, 1.807) is 11.6 Å². The van der Waals surface area contributed by atoms with E-state index in [1.807, 2.05) is 24.3 Å². The Bertz CT molecular complexity index is 647. The van der Waals surface area contributed by atoms with Crippen molar-refractivity contribution in [2.45, 2.75) is 12.5 Å². The molecule has 0 saturated heterocycles. The van der Waals surface area contributed by atoms with Crippen molar-refractivity contribution in [2.24, 2.45) is 0 Å². The lowest BCUT2D eigenvalue weighted by molar-refractivity contribution is -0.125. The number of anilines is 1. The van der Waals surface area contributed by atoms with Crippen LogP contribution in [0.25, 0.3) is 11.0 Å². The number of carbonyl (C=O) groups is 2. The van der Waals surface area contributed by atoms with Gasteiger partial charge in [-0.1, -0.05) is 12.1 Å². The van der Waals surface area contributed by atoms with E-state index >= 15 is 0 Å². The summed E-state index contributed by atoms with van der Waals surface area (Å²) in [5, 5.41) is 5.23.